The summed E-state index contributed by atoms with van der Waals surface area (Å²) in [4.78, 5) is 13.9. The first-order valence-electron chi connectivity index (χ1n) is 7.41. The van der Waals surface area contributed by atoms with E-state index >= 15 is 0 Å². The number of methoxy groups -OCH3 is 1. The van der Waals surface area contributed by atoms with Crippen molar-refractivity contribution < 1.29 is 14.3 Å². The SMILES string of the molecule is COC(CN)CC(=O)NCc1ccccc1OCCN(C)C.Cl.Cl. The van der Waals surface area contributed by atoms with Crippen molar-refractivity contribution in [2.24, 2.45) is 5.73 Å². The number of nitrogens with two attached hydrogens (primary N) is 1. The molecule has 0 radical (unpaired) electrons. The van der Waals surface area contributed by atoms with Crippen LogP contribution in [0.2, 0.25) is 0 Å². The second kappa shape index (κ2) is 14.3. The molecule has 24 heavy (non-hydrogen) atoms. The number of amides is 1. The Kier molecular flexibility index (Phi) is 15.0. The van der Waals surface area contributed by atoms with Crippen molar-refractivity contribution in [1.82, 2.24) is 10.2 Å². The van der Waals surface area contributed by atoms with Gasteiger partial charge in [-0.25, -0.2) is 0 Å². The molecule has 1 aromatic carbocycles. The van der Waals surface area contributed by atoms with Crippen LogP contribution in [0.3, 0.4) is 0 Å². The molecule has 1 rings (SSSR count). The number of hydrogen-bond acceptors (Lipinski definition) is 5. The highest BCUT2D eigenvalue weighted by molar-refractivity contribution is 5.85. The van der Waals surface area contributed by atoms with Crippen LogP contribution >= 0.6 is 24.8 Å². The summed E-state index contributed by atoms with van der Waals surface area (Å²) < 4.78 is 10.9. The minimum atomic E-state index is -0.244. The van der Waals surface area contributed by atoms with Crippen molar-refractivity contribution >= 4 is 30.7 Å². The van der Waals surface area contributed by atoms with Gasteiger partial charge in [0.15, 0.2) is 0 Å². The van der Waals surface area contributed by atoms with Crippen molar-refractivity contribution in [2.45, 2.75) is 19.1 Å². The molecule has 140 valence electrons. The molecule has 0 bridgehead atoms. The lowest BCUT2D eigenvalue weighted by atomic mass is 10.2. The molecular weight excluding hydrogens is 353 g/mol. The van der Waals surface area contributed by atoms with Gasteiger partial charge in [-0.15, -0.1) is 24.8 Å². The zero-order chi connectivity index (χ0) is 16.4. The van der Waals surface area contributed by atoms with Gasteiger partial charge in [-0.05, 0) is 20.2 Å². The van der Waals surface area contributed by atoms with Crippen molar-refractivity contribution in [2.75, 3.05) is 40.9 Å². The summed E-state index contributed by atoms with van der Waals surface area (Å²) in [6.45, 7) is 2.20. The fraction of sp³-hybridized carbons (Fsp3) is 0.562. The van der Waals surface area contributed by atoms with E-state index in [1.807, 2.05) is 38.4 Å². The molecule has 6 nitrogen and oxygen atoms in total. The van der Waals surface area contributed by atoms with E-state index in [1.165, 1.54) is 0 Å². The summed E-state index contributed by atoms with van der Waals surface area (Å²) >= 11 is 0. The largest absolute Gasteiger partial charge is 0.492 e. The van der Waals surface area contributed by atoms with Gasteiger partial charge >= 0.3 is 0 Å². The maximum absolute atomic E-state index is 11.9. The van der Waals surface area contributed by atoms with E-state index in [1.54, 1.807) is 7.11 Å². The Hall–Kier alpha value is -1.05. The Balaban J connectivity index is 0. The number of carbonyl (C=O) groups is 1. The second-order valence-electron chi connectivity index (χ2n) is 5.33. The number of para-hydroxylation sites is 1. The van der Waals surface area contributed by atoms with E-state index < -0.39 is 0 Å². The number of halogens is 2. The fourth-order valence-electron chi connectivity index (χ4n) is 1.86. The maximum atomic E-state index is 11.9. The van der Waals surface area contributed by atoms with E-state index in [0.29, 0.717) is 19.7 Å². The van der Waals surface area contributed by atoms with Crippen LogP contribution in [0.4, 0.5) is 0 Å². The molecule has 1 atom stereocenters. The minimum absolute atomic E-state index is 0. The van der Waals surface area contributed by atoms with Gasteiger partial charge in [0, 0.05) is 32.3 Å². The number of likely N-dealkylation sites (N-methyl/N-ethyl adjacent to an activating group) is 1. The van der Waals surface area contributed by atoms with Gasteiger partial charge in [0.1, 0.15) is 12.4 Å². The number of hydrogen-bond donors (Lipinski definition) is 2. The summed E-state index contributed by atoms with van der Waals surface area (Å²) in [7, 11) is 5.55. The zero-order valence-corrected chi connectivity index (χ0v) is 16.1. The van der Waals surface area contributed by atoms with Crippen LogP contribution in [-0.4, -0.2) is 57.8 Å². The minimum Gasteiger partial charge on any atom is -0.492 e. The van der Waals surface area contributed by atoms with Crippen LogP contribution in [0.5, 0.6) is 5.75 Å². The standard InChI is InChI=1S/C16H27N3O3.2ClH/c1-19(2)8-9-22-15-7-5-4-6-13(15)12-18-16(20)10-14(11-17)21-3;;/h4-7,14H,8-12,17H2,1-3H3,(H,18,20);2*1H. The highest BCUT2D eigenvalue weighted by Crippen LogP contribution is 2.17. The molecule has 0 heterocycles. The summed E-state index contributed by atoms with van der Waals surface area (Å²) in [5.74, 6) is 0.715. The van der Waals surface area contributed by atoms with Crippen molar-refractivity contribution in [3.63, 3.8) is 0 Å². The molecule has 1 aromatic rings. The van der Waals surface area contributed by atoms with Gasteiger partial charge in [0.2, 0.25) is 5.91 Å². The molecule has 0 aromatic heterocycles. The van der Waals surface area contributed by atoms with Crippen LogP contribution in [0.15, 0.2) is 24.3 Å². The number of rotatable bonds is 10. The number of nitrogens with one attached hydrogen (secondary N) is 1. The molecule has 0 saturated heterocycles. The van der Waals surface area contributed by atoms with E-state index in [0.717, 1.165) is 17.9 Å². The van der Waals surface area contributed by atoms with E-state index in [4.69, 9.17) is 15.2 Å². The molecular formula is C16H29Cl2N3O3. The number of carbonyl (C=O) groups excluding carboxylic acids is 1. The lowest BCUT2D eigenvalue weighted by Crippen LogP contribution is -2.32. The average molecular weight is 382 g/mol. The summed E-state index contributed by atoms with van der Waals surface area (Å²) in [5, 5.41) is 2.87. The molecule has 0 fully saturated rings. The van der Waals surface area contributed by atoms with Crippen LogP contribution < -0.4 is 15.8 Å². The first kappa shape index (κ1) is 25.2. The number of ether oxygens (including phenoxy) is 2. The highest BCUT2D eigenvalue weighted by atomic mass is 35.5. The lowest BCUT2D eigenvalue weighted by molar-refractivity contribution is -0.123. The Morgan fingerprint density at radius 3 is 2.54 bits per heavy atom. The predicted octanol–water partition coefficient (Wildman–Crippen LogP) is 1.45. The van der Waals surface area contributed by atoms with Gasteiger partial charge in [-0.1, -0.05) is 18.2 Å². The first-order valence-corrected chi connectivity index (χ1v) is 7.41. The molecule has 3 N–H and O–H groups in total. The van der Waals surface area contributed by atoms with E-state index in [-0.39, 0.29) is 43.2 Å². The first-order chi connectivity index (χ1) is 10.6. The Morgan fingerprint density at radius 2 is 1.96 bits per heavy atom. The van der Waals surface area contributed by atoms with Gasteiger partial charge in [0.05, 0.1) is 12.5 Å². The zero-order valence-electron chi connectivity index (χ0n) is 14.5. The lowest BCUT2D eigenvalue weighted by Gasteiger charge is -2.15. The summed E-state index contributed by atoms with van der Waals surface area (Å²) in [6.07, 6.45) is 0.0167. The van der Waals surface area contributed by atoms with Crippen molar-refractivity contribution in [3.05, 3.63) is 29.8 Å². The fourth-order valence-corrected chi connectivity index (χ4v) is 1.86. The third-order valence-electron chi connectivity index (χ3n) is 3.25. The normalized spacial score (nSPS) is 11.2. The Morgan fingerprint density at radius 1 is 1.29 bits per heavy atom. The van der Waals surface area contributed by atoms with Crippen LogP contribution in [0.25, 0.3) is 0 Å². The number of benzene rings is 1. The second-order valence-corrected chi connectivity index (χ2v) is 5.33. The van der Waals surface area contributed by atoms with Gasteiger partial charge in [-0.3, -0.25) is 4.79 Å². The molecule has 0 aliphatic carbocycles. The van der Waals surface area contributed by atoms with E-state index in [2.05, 4.69) is 10.2 Å². The smallest absolute Gasteiger partial charge is 0.222 e. The monoisotopic (exact) mass is 381 g/mol. The molecule has 1 amide bonds. The Bertz CT molecular complexity index is 458. The summed E-state index contributed by atoms with van der Waals surface area (Å²) in [6, 6.07) is 7.71. The highest BCUT2D eigenvalue weighted by Gasteiger charge is 2.12. The van der Waals surface area contributed by atoms with Gasteiger partial charge in [0.25, 0.3) is 0 Å². The van der Waals surface area contributed by atoms with Gasteiger partial charge in [-0.2, -0.15) is 0 Å². The van der Waals surface area contributed by atoms with Crippen molar-refractivity contribution in [3.8, 4) is 5.75 Å². The molecule has 1 unspecified atom stereocenters. The van der Waals surface area contributed by atoms with Gasteiger partial charge < -0.3 is 25.4 Å². The van der Waals surface area contributed by atoms with Crippen LogP contribution in [0, 0.1) is 0 Å². The van der Waals surface area contributed by atoms with Crippen LogP contribution in [-0.2, 0) is 16.1 Å². The molecule has 8 heteroatoms. The quantitative estimate of drug-likeness (QED) is 0.641. The van der Waals surface area contributed by atoms with Crippen molar-refractivity contribution in [1.29, 1.82) is 0 Å². The molecule has 0 saturated carbocycles. The predicted molar refractivity (Wildman–Crippen MR) is 101 cm³/mol. The number of nitrogens with zero attached hydrogens (tertiary/aromatic N) is 1. The maximum Gasteiger partial charge on any atom is 0.222 e. The topological polar surface area (TPSA) is 76.8 Å². The third-order valence-corrected chi connectivity index (χ3v) is 3.25. The average Bonchev–Trinajstić information content (AvgIpc) is 2.51. The third kappa shape index (κ3) is 9.95. The summed E-state index contributed by atoms with van der Waals surface area (Å²) in [5.41, 5.74) is 6.47. The Labute approximate surface area is 156 Å². The molecule has 0 aliphatic rings. The molecule has 0 aliphatic heterocycles. The van der Waals surface area contributed by atoms with E-state index in [9.17, 15) is 4.79 Å². The van der Waals surface area contributed by atoms with Crippen LogP contribution in [0.1, 0.15) is 12.0 Å². The molecule has 0 spiro atoms.